The van der Waals surface area contributed by atoms with Crippen molar-refractivity contribution in [2.45, 2.75) is 19.8 Å². The number of benzene rings is 1. The lowest BCUT2D eigenvalue weighted by Gasteiger charge is -2.09. The molecule has 19 heavy (non-hydrogen) atoms. The average molecular weight is 256 g/mol. The molecule has 0 unspecified atom stereocenters. The largest absolute Gasteiger partial charge is 0.382 e. The Labute approximate surface area is 111 Å². The fraction of sp³-hybridized carbons (Fsp3) is 0.214. The minimum Gasteiger partial charge on any atom is -0.382 e. The van der Waals surface area contributed by atoms with Crippen LogP contribution in [0.3, 0.4) is 0 Å². The summed E-state index contributed by atoms with van der Waals surface area (Å²) >= 11 is 0. The van der Waals surface area contributed by atoms with E-state index < -0.39 is 0 Å². The van der Waals surface area contributed by atoms with E-state index in [1.54, 1.807) is 12.1 Å². The lowest BCUT2D eigenvalue weighted by Crippen LogP contribution is -2.14. The quantitative estimate of drug-likeness (QED) is 0.883. The number of nitrogens with zero attached hydrogens (tertiary/aromatic N) is 2. The fourth-order valence-electron chi connectivity index (χ4n) is 1.63. The number of anilines is 2. The monoisotopic (exact) mass is 256 g/mol. The Kier molecular flexibility index (Phi) is 3.75. The molecule has 0 aliphatic rings. The smallest absolute Gasteiger partial charge is 0.276 e. The molecule has 1 aromatic carbocycles. The predicted octanol–water partition coefficient (Wildman–Crippen LogP) is 2.43. The molecule has 1 heterocycles. The molecule has 0 aliphatic carbocycles. The lowest BCUT2D eigenvalue weighted by molar-refractivity contribution is 0.102. The Morgan fingerprint density at radius 2 is 2.00 bits per heavy atom. The van der Waals surface area contributed by atoms with Crippen LogP contribution in [0.1, 0.15) is 35.8 Å². The van der Waals surface area contributed by atoms with E-state index in [4.69, 9.17) is 5.73 Å². The van der Waals surface area contributed by atoms with Crippen LogP contribution in [0.4, 0.5) is 11.5 Å². The van der Waals surface area contributed by atoms with Gasteiger partial charge in [-0.2, -0.15) is 0 Å². The Morgan fingerprint density at radius 3 is 2.63 bits per heavy atom. The van der Waals surface area contributed by atoms with Gasteiger partial charge in [0.2, 0.25) is 0 Å². The molecule has 5 nitrogen and oxygen atoms in total. The molecule has 0 saturated carbocycles. The first-order chi connectivity index (χ1) is 9.06. The Bertz CT molecular complexity index is 578. The molecule has 0 radical (unpaired) electrons. The van der Waals surface area contributed by atoms with Crippen LogP contribution in [-0.4, -0.2) is 16.1 Å². The minimum atomic E-state index is -0.298. The highest BCUT2D eigenvalue weighted by molar-refractivity contribution is 6.02. The van der Waals surface area contributed by atoms with E-state index in [-0.39, 0.29) is 11.6 Å². The molecule has 1 aromatic heterocycles. The van der Waals surface area contributed by atoms with Crippen molar-refractivity contribution in [2.24, 2.45) is 0 Å². The number of carbonyl (C=O) groups excluding carboxylic acids is 1. The first kappa shape index (κ1) is 13.0. The molecule has 3 N–H and O–H groups in total. The maximum absolute atomic E-state index is 12.0. The van der Waals surface area contributed by atoms with Gasteiger partial charge < -0.3 is 11.1 Å². The summed E-state index contributed by atoms with van der Waals surface area (Å²) in [5, 5.41) is 10.2. The second kappa shape index (κ2) is 5.48. The van der Waals surface area contributed by atoms with Gasteiger partial charge in [0.15, 0.2) is 5.69 Å². The first-order valence-electron chi connectivity index (χ1n) is 6.07. The van der Waals surface area contributed by atoms with Crippen LogP contribution in [0.2, 0.25) is 0 Å². The second-order valence-electron chi connectivity index (χ2n) is 4.58. The lowest BCUT2D eigenvalue weighted by atomic mass is 10.0. The summed E-state index contributed by atoms with van der Waals surface area (Å²) in [6.07, 6.45) is 0. The van der Waals surface area contributed by atoms with Crippen molar-refractivity contribution in [2.75, 3.05) is 11.1 Å². The number of hydrogen-bond donors (Lipinski definition) is 2. The van der Waals surface area contributed by atoms with Crippen LogP contribution in [0, 0.1) is 0 Å². The number of carbonyl (C=O) groups is 1. The summed E-state index contributed by atoms with van der Waals surface area (Å²) in [7, 11) is 0. The molecule has 1 amide bonds. The third-order valence-corrected chi connectivity index (χ3v) is 2.73. The van der Waals surface area contributed by atoms with E-state index in [1.165, 1.54) is 5.56 Å². The van der Waals surface area contributed by atoms with Crippen molar-refractivity contribution in [1.29, 1.82) is 0 Å². The summed E-state index contributed by atoms with van der Waals surface area (Å²) < 4.78 is 0. The third kappa shape index (κ3) is 3.28. The van der Waals surface area contributed by atoms with Crippen LogP contribution in [-0.2, 0) is 0 Å². The van der Waals surface area contributed by atoms with E-state index in [9.17, 15) is 4.79 Å². The number of nitrogens with one attached hydrogen (secondary N) is 1. The summed E-state index contributed by atoms with van der Waals surface area (Å²) in [5.74, 6) is 0.403. The standard InChI is InChI=1S/C14H16N4O/c1-9(2)10-4-3-5-11(8-10)16-14(19)12-6-7-13(15)18-17-12/h3-9H,1-2H3,(H2,15,18)(H,16,19). The number of nitrogens with two attached hydrogens (primary N) is 1. The maximum atomic E-state index is 12.0. The second-order valence-corrected chi connectivity index (χ2v) is 4.58. The van der Waals surface area contributed by atoms with Gasteiger partial charge in [-0.05, 0) is 35.7 Å². The molecule has 5 heteroatoms. The molecule has 0 spiro atoms. The molecule has 2 aromatic rings. The van der Waals surface area contributed by atoms with Crippen LogP contribution in [0.5, 0.6) is 0 Å². The topological polar surface area (TPSA) is 80.9 Å². The van der Waals surface area contributed by atoms with Gasteiger partial charge in [0, 0.05) is 5.69 Å². The Morgan fingerprint density at radius 1 is 1.21 bits per heavy atom. The van der Waals surface area contributed by atoms with Gasteiger partial charge in [-0.1, -0.05) is 26.0 Å². The molecule has 0 aliphatic heterocycles. The van der Waals surface area contributed by atoms with Gasteiger partial charge in [0.05, 0.1) is 0 Å². The Hall–Kier alpha value is -2.43. The molecule has 2 rings (SSSR count). The summed E-state index contributed by atoms with van der Waals surface area (Å²) in [6.45, 7) is 4.21. The predicted molar refractivity (Wildman–Crippen MR) is 74.9 cm³/mol. The van der Waals surface area contributed by atoms with Gasteiger partial charge in [-0.15, -0.1) is 10.2 Å². The number of hydrogen-bond acceptors (Lipinski definition) is 4. The Balaban J connectivity index is 2.14. The maximum Gasteiger partial charge on any atom is 0.276 e. The molecule has 98 valence electrons. The van der Waals surface area contributed by atoms with Gasteiger partial charge >= 0.3 is 0 Å². The highest BCUT2D eigenvalue weighted by Gasteiger charge is 2.09. The number of amides is 1. The SMILES string of the molecule is CC(C)c1cccc(NC(=O)c2ccc(N)nn2)c1. The minimum absolute atomic E-state index is 0.240. The van der Waals surface area contributed by atoms with Crippen molar-refractivity contribution >= 4 is 17.4 Å². The molecule has 0 saturated heterocycles. The molecule has 0 bridgehead atoms. The van der Waals surface area contributed by atoms with Gasteiger partial charge in [-0.3, -0.25) is 4.79 Å². The van der Waals surface area contributed by atoms with Crippen LogP contribution < -0.4 is 11.1 Å². The zero-order valence-electron chi connectivity index (χ0n) is 10.9. The molecule has 0 atom stereocenters. The summed E-state index contributed by atoms with van der Waals surface area (Å²) in [5.41, 5.74) is 7.58. The number of aromatic nitrogens is 2. The van der Waals surface area contributed by atoms with Crippen molar-refractivity contribution in [3.05, 3.63) is 47.7 Å². The molecular weight excluding hydrogens is 240 g/mol. The number of rotatable bonds is 3. The summed E-state index contributed by atoms with van der Waals surface area (Å²) in [6, 6.07) is 10.8. The van der Waals surface area contributed by atoms with Gasteiger partial charge in [0.25, 0.3) is 5.91 Å². The van der Waals surface area contributed by atoms with E-state index in [2.05, 4.69) is 29.4 Å². The molecule has 0 fully saturated rings. The van der Waals surface area contributed by atoms with E-state index in [1.807, 2.05) is 24.3 Å². The van der Waals surface area contributed by atoms with E-state index >= 15 is 0 Å². The van der Waals surface area contributed by atoms with Crippen molar-refractivity contribution < 1.29 is 4.79 Å². The van der Waals surface area contributed by atoms with E-state index in [0.29, 0.717) is 11.7 Å². The summed E-state index contributed by atoms with van der Waals surface area (Å²) in [4.78, 5) is 12.0. The van der Waals surface area contributed by atoms with Crippen LogP contribution in [0.15, 0.2) is 36.4 Å². The van der Waals surface area contributed by atoms with Crippen molar-refractivity contribution in [3.63, 3.8) is 0 Å². The normalized spacial score (nSPS) is 10.5. The molecular formula is C14H16N4O. The fourth-order valence-corrected chi connectivity index (χ4v) is 1.63. The average Bonchev–Trinajstić information content (AvgIpc) is 2.39. The van der Waals surface area contributed by atoms with Crippen molar-refractivity contribution in [1.82, 2.24) is 10.2 Å². The first-order valence-corrected chi connectivity index (χ1v) is 6.07. The van der Waals surface area contributed by atoms with Gasteiger partial charge in [0.1, 0.15) is 5.82 Å². The highest BCUT2D eigenvalue weighted by atomic mass is 16.1. The number of nitrogen functional groups attached to an aromatic ring is 1. The zero-order chi connectivity index (χ0) is 13.8. The third-order valence-electron chi connectivity index (χ3n) is 2.73. The van der Waals surface area contributed by atoms with Gasteiger partial charge in [-0.25, -0.2) is 0 Å². The van der Waals surface area contributed by atoms with E-state index in [0.717, 1.165) is 5.69 Å². The van der Waals surface area contributed by atoms with Crippen LogP contribution >= 0.6 is 0 Å². The highest BCUT2D eigenvalue weighted by Crippen LogP contribution is 2.18. The van der Waals surface area contributed by atoms with Crippen molar-refractivity contribution in [3.8, 4) is 0 Å². The van der Waals surface area contributed by atoms with Crippen LogP contribution in [0.25, 0.3) is 0 Å². The zero-order valence-corrected chi connectivity index (χ0v) is 10.9.